The molecular formula is C20H26O5. The summed E-state index contributed by atoms with van der Waals surface area (Å²) in [7, 11) is 0. The molecule has 0 unspecified atom stereocenters. The van der Waals surface area contributed by atoms with Gasteiger partial charge in [-0.3, -0.25) is 4.79 Å². The van der Waals surface area contributed by atoms with Crippen LogP contribution in [0.3, 0.4) is 0 Å². The van der Waals surface area contributed by atoms with Crippen molar-refractivity contribution in [2.75, 3.05) is 0 Å². The Labute approximate surface area is 148 Å². The molecule has 0 aromatic carbocycles. The number of carboxylic acids is 1. The molecule has 0 bridgehead atoms. The second-order valence-corrected chi connectivity index (χ2v) is 7.77. The van der Waals surface area contributed by atoms with Crippen LogP contribution in [0.4, 0.5) is 0 Å². The van der Waals surface area contributed by atoms with Crippen molar-refractivity contribution in [3.63, 3.8) is 0 Å². The summed E-state index contributed by atoms with van der Waals surface area (Å²) in [5.41, 5.74) is 0.998. The molecule has 5 nitrogen and oxygen atoms in total. The summed E-state index contributed by atoms with van der Waals surface area (Å²) < 4.78 is 10.5. The Morgan fingerprint density at radius 1 is 1.48 bits per heavy atom. The highest BCUT2D eigenvalue weighted by molar-refractivity contribution is 5.91. The third-order valence-electron chi connectivity index (χ3n) is 6.10. The van der Waals surface area contributed by atoms with Gasteiger partial charge < -0.3 is 14.6 Å². The summed E-state index contributed by atoms with van der Waals surface area (Å²) in [6.45, 7) is 8.40. The van der Waals surface area contributed by atoms with E-state index in [1.54, 1.807) is 6.08 Å². The van der Waals surface area contributed by atoms with E-state index in [4.69, 9.17) is 9.47 Å². The van der Waals surface area contributed by atoms with Crippen LogP contribution >= 0.6 is 0 Å². The summed E-state index contributed by atoms with van der Waals surface area (Å²) in [5.74, 6) is -0.808. The summed E-state index contributed by atoms with van der Waals surface area (Å²) in [6, 6.07) is 0. The number of carboxylic acid groups (broad SMARTS) is 1. The van der Waals surface area contributed by atoms with Gasteiger partial charge in [-0.25, -0.2) is 4.79 Å². The number of aliphatic carboxylic acids is 1. The SMILES string of the molecule is C=C1CC[C@@H](C)[C@](C)(CC[C@@H]2C(=O)O[C@@H]3O[C@@H]32)C/C=C\C=C1C(=O)O. The van der Waals surface area contributed by atoms with Crippen molar-refractivity contribution in [2.24, 2.45) is 17.3 Å². The van der Waals surface area contributed by atoms with Gasteiger partial charge in [0, 0.05) is 0 Å². The molecule has 25 heavy (non-hydrogen) atoms. The van der Waals surface area contributed by atoms with Crippen LogP contribution < -0.4 is 0 Å². The molecule has 0 radical (unpaired) electrons. The third-order valence-corrected chi connectivity index (χ3v) is 6.10. The molecule has 0 aromatic rings. The van der Waals surface area contributed by atoms with Gasteiger partial charge in [0.05, 0.1) is 11.5 Å². The van der Waals surface area contributed by atoms with E-state index in [2.05, 4.69) is 20.4 Å². The van der Waals surface area contributed by atoms with Crippen molar-refractivity contribution in [3.05, 3.63) is 36.0 Å². The average molecular weight is 346 g/mol. The molecule has 2 fully saturated rings. The summed E-state index contributed by atoms with van der Waals surface area (Å²) in [4.78, 5) is 23.2. The maximum absolute atomic E-state index is 11.8. The first kappa shape index (κ1) is 17.9. The van der Waals surface area contributed by atoms with Crippen LogP contribution in [-0.2, 0) is 19.1 Å². The number of ether oxygens (including phenoxy) is 2. The predicted octanol–water partition coefficient (Wildman–Crippen LogP) is 3.61. The molecule has 2 heterocycles. The van der Waals surface area contributed by atoms with Crippen LogP contribution in [0.15, 0.2) is 36.0 Å². The number of esters is 1. The molecule has 136 valence electrons. The molecule has 3 rings (SSSR count). The van der Waals surface area contributed by atoms with Crippen LogP contribution in [-0.4, -0.2) is 29.4 Å². The highest BCUT2D eigenvalue weighted by atomic mass is 16.8. The molecule has 0 saturated carbocycles. The van der Waals surface area contributed by atoms with Gasteiger partial charge in [-0.15, -0.1) is 0 Å². The highest BCUT2D eigenvalue weighted by Crippen LogP contribution is 2.46. The van der Waals surface area contributed by atoms with E-state index in [0.29, 0.717) is 17.9 Å². The number of hydrogen-bond acceptors (Lipinski definition) is 4. The van der Waals surface area contributed by atoms with E-state index < -0.39 is 5.97 Å². The van der Waals surface area contributed by atoms with Crippen LogP contribution in [0, 0.1) is 17.3 Å². The van der Waals surface area contributed by atoms with Crippen LogP contribution in [0.5, 0.6) is 0 Å². The van der Waals surface area contributed by atoms with E-state index in [1.807, 2.05) is 12.2 Å². The van der Waals surface area contributed by atoms with E-state index >= 15 is 0 Å². The standard InChI is InChI=1S/C20H26O5/c1-12-7-8-13(2)20(3,10-5-4-6-14(12)17(21)22)11-9-15-16-19(24-16)25-18(15)23/h4-6,13,15-16,19H,1,7-11H2,2-3H3,(H,21,22)/b5-4-,14-6?/t13-,15+,16-,19+,20+/m1/s1. The minimum absolute atomic E-state index is 0.0395. The zero-order valence-electron chi connectivity index (χ0n) is 14.9. The van der Waals surface area contributed by atoms with E-state index in [-0.39, 0.29) is 35.3 Å². The van der Waals surface area contributed by atoms with Gasteiger partial charge in [0.1, 0.15) is 6.10 Å². The molecule has 0 spiro atoms. The largest absolute Gasteiger partial charge is 0.478 e. The van der Waals surface area contributed by atoms with Crippen molar-refractivity contribution in [2.45, 2.75) is 58.3 Å². The van der Waals surface area contributed by atoms with Crippen LogP contribution in [0.1, 0.15) is 46.0 Å². The van der Waals surface area contributed by atoms with Gasteiger partial charge >= 0.3 is 11.9 Å². The zero-order chi connectivity index (χ0) is 18.2. The Bertz CT molecular complexity index is 646. The first-order valence-electron chi connectivity index (χ1n) is 8.96. The Hall–Kier alpha value is -1.88. The number of epoxide rings is 1. The Balaban J connectivity index is 1.70. The molecule has 1 aliphatic carbocycles. The lowest BCUT2D eigenvalue weighted by atomic mass is 9.68. The second-order valence-electron chi connectivity index (χ2n) is 7.77. The number of hydrogen-bond donors (Lipinski definition) is 1. The molecule has 0 amide bonds. The average Bonchev–Trinajstić information content (AvgIpc) is 3.23. The van der Waals surface area contributed by atoms with Crippen molar-refractivity contribution < 1.29 is 24.2 Å². The molecule has 5 atom stereocenters. The lowest BCUT2D eigenvalue weighted by Gasteiger charge is -2.36. The highest BCUT2D eigenvalue weighted by Gasteiger charge is 2.58. The molecule has 0 aromatic heterocycles. The maximum atomic E-state index is 11.8. The zero-order valence-corrected chi connectivity index (χ0v) is 14.9. The van der Waals surface area contributed by atoms with Crippen LogP contribution in [0.25, 0.3) is 0 Å². The topological polar surface area (TPSA) is 76.1 Å². The number of allylic oxidation sites excluding steroid dienone is 3. The first-order chi connectivity index (χ1) is 11.8. The molecular weight excluding hydrogens is 320 g/mol. The molecule has 2 saturated heterocycles. The minimum Gasteiger partial charge on any atom is -0.478 e. The fraction of sp³-hybridized carbons (Fsp3) is 0.600. The summed E-state index contributed by atoms with van der Waals surface area (Å²) in [6.07, 6.45) is 9.22. The van der Waals surface area contributed by atoms with Crippen molar-refractivity contribution in [1.29, 1.82) is 0 Å². The molecule has 3 aliphatic rings. The maximum Gasteiger partial charge on any atom is 0.335 e. The first-order valence-corrected chi connectivity index (χ1v) is 8.96. The summed E-state index contributed by atoms with van der Waals surface area (Å²) >= 11 is 0. The number of fused-ring (bicyclic) bond motifs is 1. The van der Waals surface area contributed by atoms with Crippen LogP contribution in [0.2, 0.25) is 0 Å². The Morgan fingerprint density at radius 3 is 2.88 bits per heavy atom. The number of rotatable bonds is 4. The van der Waals surface area contributed by atoms with Gasteiger partial charge in [0.2, 0.25) is 6.29 Å². The Kier molecular flexibility index (Phi) is 4.87. The number of carbonyl (C=O) groups excluding carboxylic acids is 1. The third kappa shape index (κ3) is 3.71. The molecule has 5 heteroatoms. The lowest BCUT2D eigenvalue weighted by molar-refractivity contribution is -0.152. The molecule has 2 aliphatic heterocycles. The van der Waals surface area contributed by atoms with Crippen molar-refractivity contribution in [3.8, 4) is 0 Å². The monoisotopic (exact) mass is 346 g/mol. The van der Waals surface area contributed by atoms with Crippen molar-refractivity contribution in [1.82, 2.24) is 0 Å². The van der Waals surface area contributed by atoms with E-state index in [0.717, 1.165) is 25.7 Å². The van der Waals surface area contributed by atoms with Gasteiger partial charge in [0.25, 0.3) is 0 Å². The normalized spacial score (nSPS) is 39.2. The van der Waals surface area contributed by atoms with Gasteiger partial charge in [0.15, 0.2) is 0 Å². The van der Waals surface area contributed by atoms with Gasteiger partial charge in [-0.05, 0) is 55.1 Å². The summed E-state index contributed by atoms with van der Waals surface area (Å²) in [5, 5.41) is 9.30. The van der Waals surface area contributed by atoms with Crippen molar-refractivity contribution >= 4 is 11.9 Å². The van der Waals surface area contributed by atoms with E-state index in [9.17, 15) is 14.7 Å². The quantitative estimate of drug-likeness (QED) is 0.621. The van der Waals surface area contributed by atoms with Gasteiger partial charge in [-0.1, -0.05) is 32.6 Å². The lowest BCUT2D eigenvalue weighted by Crippen LogP contribution is -2.28. The van der Waals surface area contributed by atoms with E-state index in [1.165, 1.54) is 0 Å². The molecule has 1 N–H and O–H groups in total. The fourth-order valence-electron chi connectivity index (χ4n) is 3.86. The van der Waals surface area contributed by atoms with Gasteiger partial charge in [-0.2, -0.15) is 0 Å². The predicted molar refractivity (Wildman–Crippen MR) is 92.6 cm³/mol. The fourth-order valence-corrected chi connectivity index (χ4v) is 3.86. The second kappa shape index (κ2) is 6.79. The number of carbonyl (C=O) groups is 2. The minimum atomic E-state index is -0.927. The Morgan fingerprint density at radius 2 is 2.24 bits per heavy atom. The smallest absolute Gasteiger partial charge is 0.335 e.